The van der Waals surface area contributed by atoms with Crippen molar-refractivity contribution in [2.45, 2.75) is 40.3 Å². The lowest BCUT2D eigenvalue weighted by Crippen LogP contribution is -2.30. The Kier molecular flexibility index (Phi) is 5.56. The van der Waals surface area contributed by atoms with Crippen LogP contribution in [0.1, 0.15) is 48.7 Å². The Hall–Kier alpha value is -3.52. The fourth-order valence-corrected chi connectivity index (χ4v) is 4.97. The zero-order chi connectivity index (χ0) is 23.2. The van der Waals surface area contributed by atoms with Gasteiger partial charge in [-0.15, -0.1) is 11.3 Å². The Bertz CT molecular complexity index is 1240. The van der Waals surface area contributed by atoms with Gasteiger partial charge >= 0.3 is 0 Å². The molecule has 0 fully saturated rings. The lowest BCUT2D eigenvalue weighted by atomic mass is 9.92. The van der Waals surface area contributed by atoms with Gasteiger partial charge in [0, 0.05) is 18.9 Å². The summed E-state index contributed by atoms with van der Waals surface area (Å²) in [6.45, 7) is 7.23. The van der Waals surface area contributed by atoms with Gasteiger partial charge in [0.1, 0.15) is 5.75 Å². The number of hydrogen-bond donors (Lipinski definition) is 2. The number of aromatic hydroxyl groups is 1. The molecule has 0 saturated carbocycles. The van der Waals surface area contributed by atoms with Gasteiger partial charge in [0.2, 0.25) is 5.78 Å². The van der Waals surface area contributed by atoms with Crippen molar-refractivity contribution in [3.05, 3.63) is 85.8 Å². The van der Waals surface area contributed by atoms with Crippen molar-refractivity contribution in [2.24, 2.45) is 0 Å². The van der Waals surface area contributed by atoms with Crippen LogP contribution in [0.5, 0.6) is 5.75 Å². The maximum Gasteiger partial charge on any atom is 0.290 e. The second-order valence-corrected chi connectivity index (χ2v) is 9.14. The maximum absolute atomic E-state index is 13.6. The van der Waals surface area contributed by atoms with Gasteiger partial charge in [-0.3, -0.25) is 14.6 Å². The third kappa shape index (κ3) is 3.67. The molecule has 164 valence electrons. The molecule has 1 aliphatic heterocycles. The quantitative estimate of drug-likeness (QED) is 0.564. The van der Waals surface area contributed by atoms with E-state index in [0.29, 0.717) is 27.3 Å². The predicted molar refractivity (Wildman–Crippen MR) is 121 cm³/mol. The number of aliphatic hydroxyl groups is 1. The Morgan fingerprint density at radius 3 is 2.41 bits per heavy atom. The summed E-state index contributed by atoms with van der Waals surface area (Å²) >= 11 is 1.24. The number of amides is 1. The number of Topliss-reactive ketones (excluding diaryl/α,β-unsaturated/α-hetero) is 1. The number of phenolic OH excluding ortho intramolecular Hbond substituents is 1. The van der Waals surface area contributed by atoms with Gasteiger partial charge in [-0.1, -0.05) is 6.07 Å². The summed E-state index contributed by atoms with van der Waals surface area (Å²) in [7, 11) is 0. The molecule has 0 aliphatic carbocycles. The number of aryl methyl sites for hydroxylation is 4. The fraction of sp³-hybridized carbons (Fsp3) is 0.250. The molecule has 32 heavy (non-hydrogen) atoms. The molecule has 0 bridgehead atoms. The van der Waals surface area contributed by atoms with Crippen LogP contribution in [0.2, 0.25) is 0 Å². The molecule has 2 aromatic heterocycles. The molecule has 1 amide bonds. The summed E-state index contributed by atoms with van der Waals surface area (Å²) in [4.78, 5) is 37.0. The molecule has 0 radical (unpaired) electrons. The van der Waals surface area contributed by atoms with E-state index in [0.717, 1.165) is 10.6 Å². The van der Waals surface area contributed by atoms with Crippen LogP contribution in [0.4, 0.5) is 0 Å². The van der Waals surface area contributed by atoms with Crippen LogP contribution >= 0.6 is 11.3 Å². The third-order valence-corrected chi connectivity index (χ3v) is 6.63. The van der Waals surface area contributed by atoms with E-state index in [1.807, 2.05) is 6.07 Å². The largest absolute Gasteiger partial charge is 0.507 e. The molecule has 1 aliphatic rings. The average molecular weight is 450 g/mol. The average Bonchev–Trinajstić information content (AvgIpc) is 3.22. The van der Waals surface area contributed by atoms with Gasteiger partial charge in [0.25, 0.3) is 5.91 Å². The van der Waals surface area contributed by atoms with E-state index in [4.69, 9.17) is 0 Å². The van der Waals surface area contributed by atoms with E-state index in [-0.39, 0.29) is 17.9 Å². The van der Waals surface area contributed by atoms with E-state index in [1.54, 1.807) is 58.3 Å². The molecule has 2 N–H and O–H groups in total. The van der Waals surface area contributed by atoms with E-state index in [1.165, 1.54) is 16.2 Å². The fourth-order valence-electron chi connectivity index (χ4n) is 4.10. The molecule has 4 rings (SSSR count). The first-order valence-electron chi connectivity index (χ1n) is 10.1. The number of carbonyl (C=O) groups excluding carboxylic acids is 2. The van der Waals surface area contributed by atoms with Crippen molar-refractivity contribution in [1.82, 2.24) is 14.9 Å². The van der Waals surface area contributed by atoms with Gasteiger partial charge in [0.05, 0.1) is 27.2 Å². The van der Waals surface area contributed by atoms with Gasteiger partial charge in [-0.05, 0) is 68.1 Å². The van der Waals surface area contributed by atoms with Gasteiger partial charge < -0.3 is 15.1 Å². The summed E-state index contributed by atoms with van der Waals surface area (Å²) in [5.41, 5.74) is 3.24. The smallest absolute Gasteiger partial charge is 0.290 e. The SMILES string of the molecule is Cc1nc(C)c(C(=O)C2=C(O)C(=O)N(Cc3cccnc3)C2c2cc(C)c(O)c(C)c2)s1. The number of phenols is 1. The number of rotatable bonds is 5. The highest BCUT2D eigenvalue weighted by Gasteiger charge is 2.44. The minimum absolute atomic E-state index is 0.0233. The number of hydrogen-bond acceptors (Lipinski definition) is 7. The zero-order valence-corrected chi connectivity index (χ0v) is 19.0. The number of thiazole rings is 1. The number of benzene rings is 1. The van der Waals surface area contributed by atoms with Gasteiger partial charge in [0.15, 0.2) is 5.76 Å². The summed E-state index contributed by atoms with van der Waals surface area (Å²) in [5, 5.41) is 21.8. The summed E-state index contributed by atoms with van der Waals surface area (Å²) in [6, 6.07) is 6.27. The summed E-state index contributed by atoms with van der Waals surface area (Å²) in [5.74, 6) is -1.44. The molecule has 1 unspecified atom stereocenters. The molecular formula is C24H23N3O4S. The minimum atomic E-state index is -0.810. The van der Waals surface area contributed by atoms with Crippen LogP contribution in [0.25, 0.3) is 0 Å². The number of nitrogens with zero attached hydrogens (tertiary/aromatic N) is 3. The van der Waals surface area contributed by atoms with Crippen LogP contribution in [0.3, 0.4) is 0 Å². The molecule has 7 nitrogen and oxygen atoms in total. The number of carbonyl (C=O) groups is 2. The lowest BCUT2D eigenvalue weighted by Gasteiger charge is -2.27. The Balaban J connectivity index is 1.87. The normalized spacial score (nSPS) is 16.2. The molecule has 3 heterocycles. The summed E-state index contributed by atoms with van der Waals surface area (Å²) in [6.07, 6.45) is 3.28. The van der Waals surface area contributed by atoms with Crippen molar-refractivity contribution in [2.75, 3.05) is 0 Å². The molecule has 0 saturated heterocycles. The van der Waals surface area contributed by atoms with E-state index >= 15 is 0 Å². The molecule has 8 heteroatoms. The Morgan fingerprint density at radius 1 is 1.16 bits per heavy atom. The first kappa shape index (κ1) is 21.7. The van der Waals surface area contributed by atoms with Gasteiger partial charge in [-0.2, -0.15) is 0 Å². The van der Waals surface area contributed by atoms with Crippen LogP contribution in [0.15, 0.2) is 48.0 Å². The molecule has 3 aromatic rings. The lowest BCUT2D eigenvalue weighted by molar-refractivity contribution is -0.130. The summed E-state index contributed by atoms with van der Waals surface area (Å²) < 4.78 is 0. The third-order valence-electron chi connectivity index (χ3n) is 5.56. The molecule has 1 aromatic carbocycles. The number of pyridine rings is 1. The maximum atomic E-state index is 13.6. The first-order chi connectivity index (χ1) is 15.2. The molecular weight excluding hydrogens is 426 g/mol. The highest BCUT2D eigenvalue weighted by atomic mass is 32.1. The zero-order valence-electron chi connectivity index (χ0n) is 18.2. The van der Waals surface area contributed by atoms with E-state index in [9.17, 15) is 19.8 Å². The van der Waals surface area contributed by atoms with Crippen molar-refractivity contribution < 1.29 is 19.8 Å². The highest BCUT2D eigenvalue weighted by Crippen LogP contribution is 2.42. The predicted octanol–water partition coefficient (Wildman–Crippen LogP) is 4.26. The van der Waals surface area contributed by atoms with Crippen molar-refractivity contribution >= 4 is 23.0 Å². The monoisotopic (exact) mass is 449 g/mol. The van der Waals surface area contributed by atoms with Crippen LogP contribution < -0.4 is 0 Å². The van der Waals surface area contributed by atoms with Crippen LogP contribution in [0, 0.1) is 27.7 Å². The topological polar surface area (TPSA) is 104 Å². The van der Waals surface area contributed by atoms with E-state index in [2.05, 4.69) is 9.97 Å². The number of ketones is 1. The Labute approximate surface area is 189 Å². The van der Waals surface area contributed by atoms with Crippen LogP contribution in [-0.4, -0.2) is 36.8 Å². The van der Waals surface area contributed by atoms with Crippen molar-refractivity contribution in [3.8, 4) is 5.75 Å². The van der Waals surface area contributed by atoms with Crippen molar-refractivity contribution in [3.63, 3.8) is 0 Å². The first-order valence-corrected chi connectivity index (χ1v) is 10.9. The van der Waals surface area contributed by atoms with Crippen molar-refractivity contribution in [1.29, 1.82) is 0 Å². The standard InChI is InChI=1S/C24H23N3O4S/c1-12-8-17(9-13(2)20(12)28)19-18(21(29)23-14(3)26-15(4)32-23)22(30)24(31)27(19)11-16-6-5-7-25-10-16/h5-10,19,28,30H,11H2,1-4H3. The van der Waals surface area contributed by atoms with Gasteiger partial charge in [-0.25, -0.2) is 4.98 Å². The second-order valence-electron chi connectivity index (χ2n) is 7.94. The Morgan fingerprint density at radius 2 is 1.84 bits per heavy atom. The molecule has 0 spiro atoms. The van der Waals surface area contributed by atoms with E-state index < -0.39 is 23.5 Å². The second kappa shape index (κ2) is 8.20. The highest BCUT2D eigenvalue weighted by molar-refractivity contribution is 7.14. The number of aromatic nitrogens is 2. The van der Waals surface area contributed by atoms with Crippen LogP contribution in [-0.2, 0) is 11.3 Å². The number of aliphatic hydroxyl groups excluding tert-OH is 1. The molecule has 1 atom stereocenters. The minimum Gasteiger partial charge on any atom is -0.507 e.